The highest BCUT2D eigenvalue weighted by Gasteiger charge is 2.43. The van der Waals surface area contributed by atoms with Crippen LogP contribution in [0.4, 0.5) is 13.2 Å². The van der Waals surface area contributed by atoms with Gasteiger partial charge in [0.2, 0.25) is 6.17 Å². The van der Waals surface area contributed by atoms with Crippen molar-refractivity contribution in [2.75, 3.05) is 0 Å². The predicted molar refractivity (Wildman–Crippen MR) is 155 cm³/mol. The van der Waals surface area contributed by atoms with E-state index in [1.54, 1.807) is 0 Å². The Labute approximate surface area is 234 Å². The lowest BCUT2D eigenvalue weighted by Crippen LogP contribution is -2.27. The van der Waals surface area contributed by atoms with Crippen molar-refractivity contribution in [2.24, 2.45) is 11.8 Å². The van der Waals surface area contributed by atoms with Crippen LogP contribution in [0.1, 0.15) is 131 Å². The number of alkyl halides is 3. The second kappa shape index (κ2) is 14.5. The van der Waals surface area contributed by atoms with Crippen LogP contribution in [-0.4, -0.2) is 6.11 Å². The van der Waals surface area contributed by atoms with Crippen LogP contribution >= 0.6 is 0 Å². The zero-order valence-corrected chi connectivity index (χ0v) is 23.9. The molecule has 0 saturated heterocycles. The molecule has 1 nitrogen and oxygen atoms in total. The molecule has 1 atom stereocenters. The molecule has 2 aromatic rings. The Balaban J connectivity index is 1.25. The number of halogens is 3. The molecule has 0 aliphatic heterocycles. The molecule has 4 rings (SSSR count). The molecular weight excluding hydrogens is 493 g/mol. The molecule has 0 aromatic heterocycles. The Morgan fingerprint density at radius 2 is 1.38 bits per heavy atom. The average molecular weight is 541 g/mol. The van der Waals surface area contributed by atoms with E-state index >= 15 is 0 Å². The number of unbranched alkanes of at least 4 members (excludes halogenated alkanes) is 2. The van der Waals surface area contributed by atoms with Gasteiger partial charge >= 0.3 is 6.11 Å². The van der Waals surface area contributed by atoms with Gasteiger partial charge in [-0.15, -0.1) is 0 Å². The first-order valence-corrected chi connectivity index (χ1v) is 15.4. The first-order valence-electron chi connectivity index (χ1n) is 15.4. The first kappa shape index (κ1) is 29.9. The van der Waals surface area contributed by atoms with Crippen LogP contribution in [0.15, 0.2) is 60.7 Å². The van der Waals surface area contributed by atoms with Crippen molar-refractivity contribution < 1.29 is 17.9 Å². The lowest BCUT2D eigenvalue weighted by atomic mass is 9.77. The number of hydrogen-bond donors (Lipinski definition) is 0. The fourth-order valence-corrected chi connectivity index (χ4v) is 6.65. The second-order valence-electron chi connectivity index (χ2n) is 12.0. The zero-order valence-electron chi connectivity index (χ0n) is 23.9. The van der Waals surface area contributed by atoms with E-state index in [1.807, 2.05) is 36.4 Å². The summed E-state index contributed by atoms with van der Waals surface area (Å²) in [5.41, 5.74) is 2.99. The van der Waals surface area contributed by atoms with Gasteiger partial charge in [0.15, 0.2) is 0 Å². The topological polar surface area (TPSA) is 9.23 Å². The monoisotopic (exact) mass is 540 g/mol. The molecule has 39 heavy (non-hydrogen) atoms. The van der Waals surface area contributed by atoms with Crippen molar-refractivity contribution in [2.45, 2.75) is 122 Å². The molecule has 2 aromatic carbocycles. The summed E-state index contributed by atoms with van der Waals surface area (Å²) in [6.07, 6.45) is 12.6. The Morgan fingerprint density at radius 1 is 0.821 bits per heavy atom. The van der Waals surface area contributed by atoms with E-state index in [9.17, 15) is 13.2 Å². The van der Waals surface area contributed by atoms with Gasteiger partial charge in [0.1, 0.15) is 0 Å². The Bertz CT molecular complexity index is 997. The van der Waals surface area contributed by atoms with E-state index in [0.29, 0.717) is 23.3 Å². The Hall–Kier alpha value is -2.07. The average Bonchev–Trinajstić information content (AvgIpc) is 2.97. The van der Waals surface area contributed by atoms with Crippen LogP contribution in [-0.2, 0) is 11.3 Å². The van der Waals surface area contributed by atoms with Crippen LogP contribution in [0.2, 0.25) is 0 Å². The van der Waals surface area contributed by atoms with E-state index in [-0.39, 0.29) is 12.2 Å². The molecule has 2 aliphatic rings. The number of hydrogen-bond acceptors (Lipinski definition) is 1. The smallest absolute Gasteiger partial charge is 0.313 e. The maximum absolute atomic E-state index is 14.9. The van der Waals surface area contributed by atoms with Crippen LogP contribution in [0, 0.1) is 11.8 Å². The summed E-state index contributed by atoms with van der Waals surface area (Å²) in [7, 11) is 0. The molecule has 2 saturated carbocycles. The third-order valence-corrected chi connectivity index (χ3v) is 9.18. The number of rotatable bonds is 12. The second-order valence-corrected chi connectivity index (χ2v) is 12.0. The zero-order chi connectivity index (χ0) is 27.7. The van der Waals surface area contributed by atoms with Crippen molar-refractivity contribution in [1.29, 1.82) is 0 Å². The molecule has 4 heteroatoms. The normalized spacial score (nSPS) is 25.2. The van der Waals surface area contributed by atoms with Crippen molar-refractivity contribution in [3.63, 3.8) is 0 Å². The summed E-state index contributed by atoms with van der Waals surface area (Å²) in [4.78, 5) is 0. The minimum Gasteiger partial charge on any atom is -0.313 e. The molecule has 0 bridgehead atoms. The molecular formula is C35H47F3O. The lowest BCUT2D eigenvalue weighted by molar-refractivity contribution is -0.282. The molecule has 2 aliphatic carbocycles. The van der Waals surface area contributed by atoms with Gasteiger partial charge in [0, 0.05) is 0 Å². The third-order valence-electron chi connectivity index (χ3n) is 9.18. The van der Waals surface area contributed by atoms with Crippen molar-refractivity contribution in [1.82, 2.24) is 0 Å². The summed E-state index contributed by atoms with van der Waals surface area (Å²) < 4.78 is 49.1. The summed E-state index contributed by atoms with van der Waals surface area (Å²) in [6, 6.07) is 14.4. The third kappa shape index (κ3) is 8.46. The predicted octanol–water partition coefficient (Wildman–Crippen LogP) is 11.2. The van der Waals surface area contributed by atoms with Gasteiger partial charge in [-0.3, -0.25) is 0 Å². The lowest BCUT2D eigenvalue weighted by Gasteiger charge is -2.29. The van der Waals surface area contributed by atoms with E-state index in [1.165, 1.54) is 69.1 Å². The quantitative estimate of drug-likeness (QED) is 0.192. The minimum atomic E-state index is -3.89. The highest BCUT2D eigenvalue weighted by molar-refractivity contribution is 5.28. The number of ether oxygens (including phenoxy) is 1. The molecule has 2 fully saturated rings. The molecule has 0 radical (unpaired) electrons. The van der Waals surface area contributed by atoms with E-state index in [4.69, 9.17) is 4.74 Å². The van der Waals surface area contributed by atoms with Gasteiger partial charge in [-0.2, -0.15) is 8.78 Å². The molecule has 0 amide bonds. The van der Waals surface area contributed by atoms with E-state index in [0.717, 1.165) is 37.2 Å². The molecule has 0 N–H and O–H groups in total. The summed E-state index contributed by atoms with van der Waals surface area (Å²) in [6.45, 7) is 3.99. The summed E-state index contributed by atoms with van der Waals surface area (Å²) in [5.74, 6) is 2.45. The highest BCUT2D eigenvalue weighted by atomic mass is 19.3. The largest absolute Gasteiger partial charge is 0.391 e. The molecule has 1 unspecified atom stereocenters. The van der Waals surface area contributed by atoms with Crippen LogP contribution in [0.25, 0.3) is 0 Å². The highest BCUT2D eigenvalue weighted by Crippen LogP contribution is 2.41. The van der Waals surface area contributed by atoms with Crippen LogP contribution in [0.3, 0.4) is 0 Å². The Morgan fingerprint density at radius 3 is 1.95 bits per heavy atom. The molecule has 214 valence electrons. The van der Waals surface area contributed by atoms with Crippen LogP contribution in [0.5, 0.6) is 0 Å². The summed E-state index contributed by atoms with van der Waals surface area (Å²) in [5, 5.41) is 0. The Kier molecular flexibility index (Phi) is 11.1. The minimum absolute atomic E-state index is 0.0270. The van der Waals surface area contributed by atoms with Crippen molar-refractivity contribution in [3.05, 3.63) is 82.9 Å². The van der Waals surface area contributed by atoms with Crippen LogP contribution < -0.4 is 0 Å². The molecule has 0 spiro atoms. The van der Waals surface area contributed by atoms with Crippen molar-refractivity contribution in [3.8, 4) is 0 Å². The first-order chi connectivity index (χ1) is 18.9. The fourth-order valence-electron chi connectivity index (χ4n) is 6.65. The number of benzene rings is 2. The summed E-state index contributed by atoms with van der Waals surface area (Å²) >= 11 is 0. The van der Waals surface area contributed by atoms with Gasteiger partial charge in [0.25, 0.3) is 0 Å². The van der Waals surface area contributed by atoms with Gasteiger partial charge in [-0.1, -0.05) is 93.3 Å². The van der Waals surface area contributed by atoms with E-state index in [2.05, 4.69) is 26.0 Å². The standard InChI is InChI=1S/C35H47F3O/c1-3-5-6-8-27-11-17-30(18-12-27)32-21-23-33(24-22-32)34(36)35(37,38)39-25-28-13-19-31(20-14-28)29-15-9-26(7-4-2)10-16-29/h4,7,13-14,19-24,26-27,29-30,34H,3,5-6,8-12,15-18,25H2,1-2H3/b7-4+. The SMILES string of the molecule is C/C=C/C1CCC(c2ccc(COC(F)(F)C(F)c3ccc(C4CCC(CCCCC)CC4)cc3)cc2)CC1. The van der Waals surface area contributed by atoms with Gasteiger partial charge in [-0.05, 0) is 104 Å². The maximum Gasteiger partial charge on any atom is 0.391 e. The number of allylic oxidation sites excluding steroid dienone is 2. The van der Waals surface area contributed by atoms with Gasteiger partial charge in [-0.25, -0.2) is 4.39 Å². The fraction of sp³-hybridized carbons (Fsp3) is 0.600. The van der Waals surface area contributed by atoms with Crippen molar-refractivity contribution >= 4 is 0 Å². The molecule has 0 heterocycles. The van der Waals surface area contributed by atoms with Gasteiger partial charge < -0.3 is 4.74 Å². The maximum atomic E-state index is 14.9. The van der Waals surface area contributed by atoms with E-state index < -0.39 is 12.3 Å². The van der Waals surface area contributed by atoms with Gasteiger partial charge in [0.05, 0.1) is 6.61 Å².